The fraction of sp³-hybridized carbons (Fsp3) is 0.250. The number of aromatic nitrogens is 1. The Morgan fingerprint density at radius 1 is 0.966 bits per heavy atom. The monoisotopic (exact) mass is 467 g/mol. The normalized spacial score (nSPS) is 11.2. The summed E-state index contributed by atoms with van der Waals surface area (Å²) in [5.41, 5.74) is 4.79. The number of halogens is 1. The second-order valence-corrected chi connectivity index (χ2v) is 9.40. The minimum absolute atomic E-state index is 0.145. The molecular formula is C24H26BrN3S. The predicted molar refractivity (Wildman–Crippen MR) is 129 cm³/mol. The molecule has 0 radical (unpaired) electrons. The van der Waals surface area contributed by atoms with Crippen molar-refractivity contribution in [2.24, 2.45) is 0 Å². The number of rotatable bonds is 5. The second-order valence-electron chi connectivity index (χ2n) is 8.10. The van der Waals surface area contributed by atoms with Gasteiger partial charge in [0.25, 0.3) is 0 Å². The standard InChI is InChI=1S/C24H26BrN3S/c1-24(2,3)20-8-6-18(7-9-20)16-28(17-19-5-4-14-26-15-19)23(29)27-22-12-10-21(25)11-13-22/h4-15H,16-17H2,1-3H3,(H,27,29). The van der Waals surface area contributed by atoms with E-state index in [9.17, 15) is 0 Å². The molecule has 0 spiro atoms. The van der Waals surface area contributed by atoms with Crippen LogP contribution in [-0.4, -0.2) is 15.0 Å². The molecule has 3 nitrogen and oxygen atoms in total. The third-order valence-corrected chi connectivity index (χ3v) is 5.56. The Morgan fingerprint density at radius 3 is 2.21 bits per heavy atom. The van der Waals surface area contributed by atoms with Crippen molar-refractivity contribution in [2.45, 2.75) is 39.3 Å². The van der Waals surface area contributed by atoms with Crippen LogP contribution in [0.2, 0.25) is 0 Å². The molecule has 0 saturated heterocycles. The zero-order chi connectivity index (χ0) is 20.9. The van der Waals surface area contributed by atoms with E-state index in [4.69, 9.17) is 12.2 Å². The summed E-state index contributed by atoms with van der Waals surface area (Å²) in [4.78, 5) is 6.41. The Bertz CT molecular complexity index is 933. The number of anilines is 1. The van der Waals surface area contributed by atoms with E-state index in [1.807, 2.05) is 36.5 Å². The highest BCUT2D eigenvalue weighted by Gasteiger charge is 2.15. The summed E-state index contributed by atoms with van der Waals surface area (Å²) in [5, 5.41) is 4.05. The average molecular weight is 468 g/mol. The molecular weight excluding hydrogens is 442 g/mol. The van der Waals surface area contributed by atoms with Gasteiger partial charge in [0.05, 0.1) is 0 Å². The number of benzene rings is 2. The molecule has 1 aromatic heterocycles. The quantitative estimate of drug-likeness (QED) is 0.431. The van der Waals surface area contributed by atoms with Crippen molar-refractivity contribution < 1.29 is 0 Å². The van der Waals surface area contributed by atoms with Gasteiger partial charge in [-0.15, -0.1) is 0 Å². The molecule has 2 aromatic carbocycles. The highest BCUT2D eigenvalue weighted by molar-refractivity contribution is 9.10. The molecule has 0 aliphatic carbocycles. The molecule has 29 heavy (non-hydrogen) atoms. The van der Waals surface area contributed by atoms with Gasteiger partial charge in [-0.25, -0.2) is 0 Å². The van der Waals surface area contributed by atoms with E-state index in [-0.39, 0.29) is 5.41 Å². The Balaban J connectivity index is 1.78. The van der Waals surface area contributed by atoms with Gasteiger partial charge in [-0.05, 0) is 64.7 Å². The molecule has 0 unspecified atom stereocenters. The number of hydrogen-bond donors (Lipinski definition) is 1. The lowest BCUT2D eigenvalue weighted by Crippen LogP contribution is -2.33. The van der Waals surface area contributed by atoms with Crippen molar-refractivity contribution in [3.63, 3.8) is 0 Å². The van der Waals surface area contributed by atoms with Crippen molar-refractivity contribution in [2.75, 3.05) is 5.32 Å². The van der Waals surface area contributed by atoms with Gasteiger partial charge < -0.3 is 10.2 Å². The molecule has 0 bridgehead atoms. The van der Waals surface area contributed by atoms with Gasteiger partial charge in [-0.2, -0.15) is 0 Å². The van der Waals surface area contributed by atoms with Crippen LogP contribution in [0.4, 0.5) is 5.69 Å². The van der Waals surface area contributed by atoms with Crippen LogP contribution in [0, 0.1) is 0 Å². The molecule has 3 rings (SSSR count). The van der Waals surface area contributed by atoms with Gasteiger partial charge in [0.2, 0.25) is 0 Å². The molecule has 1 N–H and O–H groups in total. The first-order valence-corrected chi connectivity index (χ1v) is 10.8. The van der Waals surface area contributed by atoms with Crippen molar-refractivity contribution >= 4 is 38.9 Å². The molecule has 0 aliphatic rings. The first kappa shape index (κ1) is 21.5. The van der Waals surface area contributed by atoms with Crippen molar-refractivity contribution in [1.82, 2.24) is 9.88 Å². The Hall–Kier alpha value is -2.24. The lowest BCUT2D eigenvalue weighted by molar-refractivity contribution is 0.412. The number of hydrogen-bond acceptors (Lipinski definition) is 2. The van der Waals surface area contributed by atoms with Crippen molar-refractivity contribution in [3.8, 4) is 0 Å². The van der Waals surface area contributed by atoms with Gasteiger partial charge in [-0.1, -0.05) is 67.0 Å². The summed E-state index contributed by atoms with van der Waals surface area (Å²) in [6, 6.07) is 20.9. The van der Waals surface area contributed by atoms with Gasteiger partial charge in [0.15, 0.2) is 5.11 Å². The minimum Gasteiger partial charge on any atom is -0.340 e. The van der Waals surface area contributed by atoms with Crippen molar-refractivity contribution in [3.05, 3.63) is 94.2 Å². The number of thiocarbonyl (C=S) groups is 1. The molecule has 0 saturated carbocycles. The van der Waals surface area contributed by atoms with Gasteiger partial charge in [0, 0.05) is 35.6 Å². The first-order chi connectivity index (χ1) is 13.8. The number of pyridine rings is 1. The first-order valence-electron chi connectivity index (χ1n) is 9.61. The van der Waals surface area contributed by atoms with E-state index >= 15 is 0 Å². The maximum absolute atomic E-state index is 5.76. The summed E-state index contributed by atoms with van der Waals surface area (Å²) in [6.07, 6.45) is 3.68. The van der Waals surface area contributed by atoms with E-state index in [0.29, 0.717) is 11.7 Å². The Morgan fingerprint density at radius 2 is 1.62 bits per heavy atom. The summed E-state index contributed by atoms with van der Waals surface area (Å²) < 4.78 is 1.04. The maximum atomic E-state index is 5.76. The van der Waals surface area contributed by atoms with Crippen LogP contribution in [0.1, 0.15) is 37.5 Å². The smallest absolute Gasteiger partial charge is 0.174 e. The summed E-state index contributed by atoms with van der Waals surface area (Å²) in [6.45, 7) is 8.11. The number of nitrogens with one attached hydrogen (secondary N) is 1. The fourth-order valence-corrected chi connectivity index (χ4v) is 3.49. The van der Waals surface area contributed by atoms with E-state index < -0.39 is 0 Å². The minimum atomic E-state index is 0.145. The summed E-state index contributed by atoms with van der Waals surface area (Å²) >= 11 is 9.23. The van der Waals surface area contributed by atoms with E-state index in [2.05, 4.69) is 82.2 Å². The molecule has 0 atom stereocenters. The van der Waals surface area contributed by atoms with Crippen LogP contribution in [-0.2, 0) is 18.5 Å². The molecule has 150 valence electrons. The van der Waals surface area contributed by atoms with Crippen LogP contribution < -0.4 is 5.32 Å². The van der Waals surface area contributed by atoms with Gasteiger partial charge >= 0.3 is 0 Å². The van der Waals surface area contributed by atoms with E-state index in [1.54, 1.807) is 6.20 Å². The van der Waals surface area contributed by atoms with E-state index in [0.717, 1.165) is 22.3 Å². The highest BCUT2D eigenvalue weighted by atomic mass is 79.9. The Labute approximate surface area is 187 Å². The molecule has 3 aromatic rings. The predicted octanol–water partition coefficient (Wildman–Crippen LogP) is 6.54. The molecule has 1 heterocycles. The van der Waals surface area contributed by atoms with Crippen LogP contribution in [0.15, 0.2) is 77.5 Å². The van der Waals surface area contributed by atoms with Gasteiger partial charge in [-0.3, -0.25) is 4.98 Å². The van der Waals surface area contributed by atoms with Crippen LogP contribution in [0.5, 0.6) is 0 Å². The molecule has 5 heteroatoms. The lowest BCUT2D eigenvalue weighted by Gasteiger charge is -2.27. The largest absolute Gasteiger partial charge is 0.340 e. The third kappa shape index (κ3) is 6.38. The maximum Gasteiger partial charge on any atom is 0.174 e. The summed E-state index contributed by atoms with van der Waals surface area (Å²) in [5.74, 6) is 0. The topological polar surface area (TPSA) is 28.2 Å². The Kier molecular flexibility index (Phi) is 7.04. The van der Waals surface area contributed by atoms with Crippen LogP contribution >= 0.6 is 28.1 Å². The second kappa shape index (κ2) is 9.51. The summed E-state index contributed by atoms with van der Waals surface area (Å²) in [7, 11) is 0. The fourth-order valence-electron chi connectivity index (χ4n) is 2.98. The van der Waals surface area contributed by atoms with Crippen LogP contribution in [0.3, 0.4) is 0 Å². The molecule has 0 amide bonds. The van der Waals surface area contributed by atoms with Crippen LogP contribution in [0.25, 0.3) is 0 Å². The average Bonchev–Trinajstić information content (AvgIpc) is 2.70. The zero-order valence-corrected chi connectivity index (χ0v) is 19.4. The highest BCUT2D eigenvalue weighted by Crippen LogP contribution is 2.23. The SMILES string of the molecule is CC(C)(C)c1ccc(CN(Cc2cccnc2)C(=S)Nc2ccc(Br)cc2)cc1. The zero-order valence-electron chi connectivity index (χ0n) is 17.0. The van der Waals surface area contributed by atoms with Gasteiger partial charge in [0.1, 0.15) is 0 Å². The van der Waals surface area contributed by atoms with Crippen molar-refractivity contribution in [1.29, 1.82) is 0 Å². The number of nitrogens with zero attached hydrogens (tertiary/aromatic N) is 2. The molecule has 0 aliphatic heterocycles. The van der Waals surface area contributed by atoms with E-state index in [1.165, 1.54) is 11.1 Å². The molecule has 0 fully saturated rings. The third-order valence-electron chi connectivity index (χ3n) is 4.67. The lowest BCUT2D eigenvalue weighted by atomic mass is 9.87.